The monoisotopic (exact) mass is 376 g/mol. The largest absolute Gasteiger partial charge is 0.451 e. The van der Waals surface area contributed by atoms with Gasteiger partial charge in [0.2, 0.25) is 0 Å². The fourth-order valence-corrected chi connectivity index (χ4v) is 3.12. The van der Waals surface area contributed by atoms with E-state index in [0.717, 1.165) is 4.90 Å². The van der Waals surface area contributed by atoms with Crippen molar-refractivity contribution in [2.24, 2.45) is 0 Å². The topological polar surface area (TPSA) is 92.8 Å². The molecule has 2 atom stereocenters. The fourth-order valence-electron chi connectivity index (χ4n) is 2.52. The molecule has 0 aliphatic carbocycles. The first kappa shape index (κ1) is 19.7. The van der Waals surface area contributed by atoms with Crippen molar-refractivity contribution in [2.75, 3.05) is 18.6 Å². The molecule has 3 amide bonds. The van der Waals surface area contributed by atoms with E-state index in [4.69, 9.17) is 4.74 Å². The number of nitrogens with zero attached hydrogens (tertiary/aromatic N) is 1. The maximum Gasteiger partial charge on any atom is 0.331 e. The number of hydrogen-bond acceptors (Lipinski definition) is 6. The normalized spacial score (nSPS) is 15.2. The maximum absolute atomic E-state index is 12.6. The molecule has 0 unspecified atom stereocenters. The van der Waals surface area contributed by atoms with E-state index in [-0.39, 0.29) is 23.4 Å². The number of ether oxygens (including phenoxy) is 1. The summed E-state index contributed by atoms with van der Waals surface area (Å²) >= 11 is 1.30. The number of carbonyl (C=O) groups excluding carboxylic acids is 4. The van der Waals surface area contributed by atoms with Gasteiger partial charge in [-0.3, -0.25) is 19.3 Å². The summed E-state index contributed by atoms with van der Waals surface area (Å²) in [6.45, 7) is 5.16. The summed E-state index contributed by atoms with van der Waals surface area (Å²) in [4.78, 5) is 50.5. The van der Waals surface area contributed by atoms with Gasteiger partial charge in [0.05, 0.1) is 11.1 Å². The predicted molar refractivity (Wildman–Crippen MR) is 97.9 cm³/mol. The summed E-state index contributed by atoms with van der Waals surface area (Å²) < 4.78 is 5.19. The van der Waals surface area contributed by atoms with Crippen LogP contribution in [0.5, 0.6) is 0 Å². The second-order valence-corrected chi connectivity index (χ2v) is 6.52. The number of imide groups is 1. The Morgan fingerprint density at radius 3 is 2.35 bits per heavy atom. The Bertz CT molecular complexity index is 714. The molecule has 0 bridgehead atoms. The molecule has 138 valence electrons. The summed E-state index contributed by atoms with van der Waals surface area (Å²) in [5.74, 6) is -2.18. The van der Waals surface area contributed by atoms with Crippen molar-refractivity contribution in [1.29, 1.82) is 0 Å². The number of fused-ring (bicyclic) bond motifs is 1. The number of rotatable bonds is 8. The van der Waals surface area contributed by atoms with E-state index in [1.165, 1.54) is 24.8 Å². The third-order valence-corrected chi connectivity index (χ3v) is 4.47. The van der Waals surface area contributed by atoms with Gasteiger partial charge in [0.1, 0.15) is 6.04 Å². The highest BCUT2D eigenvalue weighted by Crippen LogP contribution is 2.26. The molecule has 1 aromatic rings. The van der Waals surface area contributed by atoms with E-state index in [0.29, 0.717) is 0 Å². The Kier molecular flexibility index (Phi) is 6.57. The number of hydrogen-bond donors (Lipinski definition) is 1. The first-order valence-electron chi connectivity index (χ1n) is 7.97. The standard InChI is InChI=1S/C18H20N2O5S/c1-4-9-19-15(21)11(2)25-18(24)14(10-26-3)20-16(22)12-7-5-6-8-13(12)17(20)23/h4-8,11,14H,1,9-10H2,2-3H3,(H,19,21)/t11-,14-/m0/s1. The predicted octanol–water partition coefficient (Wildman–Crippen LogP) is 1.25. The number of thioether (sulfide) groups is 1. The second kappa shape index (κ2) is 8.66. The van der Waals surface area contributed by atoms with Crippen molar-refractivity contribution in [3.8, 4) is 0 Å². The van der Waals surface area contributed by atoms with Gasteiger partial charge in [-0.15, -0.1) is 6.58 Å². The van der Waals surface area contributed by atoms with Crippen molar-refractivity contribution in [1.82, 2.24) is 10.2 Å². The zero-order chi connectivity index (χ0) is 19.3. The Morgan fingerprint density at radius 2 is 1.85 bits per heavy atom. The van der Waals surface area contributed by atoms with Gasteiger partial charge in [-0.1, -0.05) is 18.2 Å². The van der Waals surface area contributed by atoms with Crippen molar-refractivity contribution < 1.29 is 23.9 Å². The minimum absolute atomic E-state index is 0.172. The van der Waals surface area contributed by atoms with Crippen LogP contribution in [-0.4, -0.2) is 59.3 Å². The van der Waals surface area contributed by atoms with Crippen LogP contribution in [0.4, 0.5) is 0 Å². The highest BCUT2D eigenvalue weighted by molar-refractivity contribution is 7.98. The number of esters is 1. The maximum atomic E-state index is 12.6. The van der Waals surface area contributed by atoms with Crippen LogP contribution < -0.4 is 5.32 Å². The fraction of sp³-hybridized carbons (Fsp3) is 0.333. The summed E-state index contributed by atoms with van der Waals surface area (Å²) in [7, 11) is 0. The molecule has 0 radical (unpaired) electrons. The van der Waals surface area contributed by atoms with Gasteiger partial charge >= 0.3 is 5.97 Å². The zero-order valence-electron chi connectivity index (χ0n) is 14.6. The number of amides is 3. The van der Waals surface area contributed by atoms with Crippen molar-refractivity contribution >= 4 is 35.5 Å². The van der Waals surface area contributed by atoms with Crippen molar-refractivity contribution in [3.63, 3.8) is 0 Å². The van der Waals surface area contributed by atoms with E-state index in [9.17, 15) is 19.2 Å². The molecular formula is C18H20N2O5S. The van der Waals surface area contributed by atoms with Gasteiger partial charge in [-0.2, -0.15) is 11.8 Å². The van der Waals surface area contributed by atoms with Crippen molar-refractivity contribution in [2.45, 2.75) is 19.1 Å². The molecule has 0 saturated carbocycles. The molecule has 26 heavy (non-hydrogen) atoms. The quantitative estimate of drug-likeness (QED) is 0.417. The molecule has 7 nitrogen and oxygen atoms in total. The molecule has 1 aromatic carbocycles. The van der Waals surface area contributed by atoms with Crippen LogP contribution in [0.25, 0.3) is 0 Å². The average molecular weight is 376 g/mol. The summed E-state index contributed by atoms with van der Waals surface area (Å²) in [6, 6.07) is 5.29. The van der Waals surface area contributed by atoms with Crippen LogP contribution in [0.1, 0.15) is 27.6 Å². The lowest BCUT2D eigenvalue weighted by molar-refractivity contribution is -0.157. The average Bonchev–Trinajstić information content (AvgIpc) is 2.88. The Morgan fingerprint density at radius 1 is 1.27 bits per heavy atom. The van der Waals surface area contributed by atoms with Crippen molar-refractivity contribution in [3.05, 3.63) is 48.0 Å². The van der Waals surface area contributed by atoms with Gasteiger partial charge in [0.15, 0.2) is 6.10 Å². The molecule has 8 heteroatoms. The van der Waals surface area contributed by atoms with E-state index in [2.05, 4.69) is 11.9 Å². The molecule has 1 aliphatic heterocycles. The highest BCUT2D eigenvalue weighted by atomic mass is 32.2. The van der Waals surface area contributed by atoms with Gasteiger partial charge < -0.3 is 10.1 Å². The van der Waals surface area contributed by atoms with Crippen LogP contribution in [0, 0.1) is 0 Å². The van der Waals surface area contributed by atoms with Gasteiger partial charge in [0, 0.05) is 12.3 Å². The van der Waals surface area contributed by atoms with Gasteiger partial charge in [0.25, 0.3) is 17.7 Å². The minimum Gasteiger partial charge on any atom is -0.451 e. The number of nitrogens with one attached hydrogen (secondary N) is 1. The van der Waals surface area contributed by atoms with Crippen LogP contribution in [0.15, 0.2) is 36.9 Å². The van der Waals surface area contributed by atoms with Crippen LogP contribution in [0.2, 0.25) is 0 Å². The van der Waals surface area contributed by atoms with Gasteiger partial charge in [-0.25, -0.2) is 4.79 Å². The summed E-state index contributed by atoms with van der Waals surface area (Å²) in [6.07, 6.45) is 2.20. The molecule has 0 fully saturated rings. The van der Waals surface area contributed by atoms with E-state index >= 15 is 0 Å². The molecule has 2 rings (SSSR count). The number of carbonyl (C=O) groups is 4. The Balaban J connectivity index is 2.17. The first-order valence-corrected chi connectivity index (χ1v) is 9.36. The third kappa shape index (κ3) is 3.96. The lowest BCUT2D eigenvalue weighted by Gasteiger charge is -2.25. The van der Waals surface area contributed by atoms with Crippen LogP contribution >= 0.6 is 11.8 Å². The first-order chi connectivity index (χ1) is 12.4. The minimum atomic E-state index is -1.10. The third-order valence-electron chi connectivity index (χ3n) is 3.82. The van der Waals surface area contributed by atoms with Crippen LogP contribution in [-0.2, 0) is 14.3 Å². The van der Waals surface area contributed by atoms with E-state index in [1.807, 2.05) is 0 Å². The van der Waals surface area contributed by atoms with Gasteiger partial charge in [-0.05, 0) is 25.3 Å². The SMILES string of the molecule is C=CCNC(=O)[C@H](C)OC(=O)[C@H](CSC)N1C(=O)c2ccccc2C1=O. The molecule has 0 aromatic heterocycles. The lowest BCUT2D eigenvalue weighted by Crippen LogP contribution is -2.49. The summed E-state index contributed by atoms with van der Waals surface area (Å²) in [5.41, 5.74) is 0.515. The molecule has 1 aliphatic rings. The molecular weight excluding hydrogens is 356 g/mol. The van der Waals surface area contributed by atoms with Crippen LogP contribution in [0.3, 0.4) is 0 Å². The zero-order valence-corrected chi connectivity index (χ0v) is 15.4. The van der Waals surface area contributed by atoms with E-state index < -0.39 is 35.8 Å². The Hall–Kier alpha value is -2.61. The Labute approximate surface area is 155 Å². The lowest BCUT2D eigenvalue weighted by atomic mass is 10.1. The van der Waals surface area contributed by atoms with E-state index in [1.54, 1.807) is 30.5 Å². The number of benzene rings is 1. The second-order valence-electron chi connectivity index (χ2n) is 5.61. The molecule has 1 N–H and O–H groups in total. The molecule has 0 spiro atoms. The highest BCUT2D eigenvalue weighted by Gasteiger charge is 2.43. The molecule has 0 saturated heterocycles. The summed E-state index contributed by atoms with van der Waals surface area (Å²) in [5, 5.41) is 2.52. The smallest absolute Gasteiger partial charge is 0.331 e. The molecule has 1 heterocycles.